The lowest BCUT2D eigenvalue weighted by Gasteiger charge is -2.23. The zero-order chi connectivity index (χ0) is 23.2. The van der Waals surface area contributed by atoms with E-state index in [0.717, 1.165) is 11.1 Å². The molecular weight excluding hydrogens is 434 g/mol. The lowest BCUT2D eigenvalue weighted by Crippen LogP contribution is -2.30. The number of hydrogen-bond acceptors (Lipinski definition) is 7. The number of amides is 1. The number of nitrogens with one attached hydrogen (secondary N) is 1. The highest BCUT2D eigenvalue weighted by Gasteiger charge is 2.23. The van der Waals surface area contributed by atoms with Gasteiger partial charge < -0.3 is 16.2 Å². The summed E-state index contributed by atoms with van der Waals surface area (Å²) in [7, 11) is 0. The number of nitriles is 1. The maximum atomic E-state index is 13.1. The number of rotatable bonds is 7. The number of aromatic nitrogens is 2. The molecule has 2 atom stereocenters. The molecule has 0 fully saturated rings. The van der Waals surface area contributed by atoms with Crippen LogP contribution in [-0.2, 0) is 0 Å². The van der Waals surface area contributed by atoms with E-state index in [4.69, 9.17) is 11.0 Å². The van der Waals surface area contributed by atoms with Gasteiger partial charge >= 0.3 is 0 Å². The average molecular weight is 456 g/mol. The quantitative estimate of drug-likeness (QED) is 0.381. The van der Waals surface area contributed by atoms with Gasteiger partial charge in [0, 0.05) is 29.6 Å². The summed E-state index contributed by atoms with van der Waals surface area (Å²) in [5, 5.41) is 23.0. The van der Waals surface area contributed by atoms with Gasteiger partial charge in [0.2, 0.25) is 0 Å². The summed E-state index contributed by atoms with van der Waals surface area (Å²) in [6.07, 6.45) is 5.27. The number of thiazole rings is 1. The number of nitrogens with zero attached hydrogens (tertiary/aromatic N) is 3. The molecule has 0 saturated heterocycles. The van der Waals surface area contributed by atoms with Gasteiger partial charge in [-0.2, -0.15) is 5.26 Å². The third-order valence-electron chi connectivity index (χ3n) is 5.21. The van der Waals surface area contributed by atoms with Crippen LogP contribution in [0.2, 0.25) is 0 Å². The van der Waals surface area contributed by atoms with E-state index in [9.17, 15) is 9.90 Å². The molecule has 2 aromatic carbocycles. The third-order valence-corrected chi connectivity index (χ3v) is 6.26. The molecule has 164 valence electrons. The maximum absolute atomic E-state index is 13.1. The SMILES string of the molecule is N#Cc1ccc(-c2ncc(C(=O)NC(CC(N)c3cccnc3)c3ccccc3O)s2)cc1. The highest BCUT2D eigenvalue weighted by molar-refractivity contribution is 7.16. The Balaban J connectivity index is 1.56. The Kier molecular flexibility index (Phi) is 6.74. The van der Waals surface area contributed by atoms with Gasteiger partial charge in [-0.15, -0.1) is 11.3 Å². The lowest BCUT2D eigenvalue weighted by atomic mass is 9.95. The normalized spacial score (nSPS) is 12.5. The number of nitrogens with two attached hydrogens (primary N) is 1. The molecule has 0 aliphatic rings. The van der Waals surface area contributed by atoms with Crippen molar-refractivity contribution in [3.63, 3.8) is 0 Å². The Hall–Kier alpha value is -4.06. The second-order valence-electron chi connectivity index (χ2n) is 7.43. The van der Waals surface area contributed by atoms with Crippen LogP contribution in [0.4, 0.5) is 0 Å². The van der Waals surface area contributed by atoms with Gasteiger partial charge in [0.1, 0.15) is 15.6 Å². The van der Waals surface area contributed by atoms with Crippen LogP contribution in [0.25, 0.3) is 10.6 Å². The van der Waals surface area contributed by atoms with Crippen LogP contribution in [0.15, 0.2) is 79.3 Å². The summed E-state index contributed by atoms with van der Waals surface area (Å²) < 4.78 is 0. The predicted octanol–water partition coefficient (Wildman–Crippen LogP) is 4.34. The third kappa shape index (κ3) is 5.23. The summed E-state index contributed by atoms with van der Waals surface area (Å²) >= 11 is 1.25. The largest absolute Gasteiger partial charge is 0.508 e. The number of phenolic OH excluding ortho intramolecular Hbond substituents is 1. The summed E-state index contributed by atoms with van der Waals surface area (Å²) in [4.78, 5) is 22.0. The smallest absolute Gasteiger partial charge is 0.263 e. The molecule has 1 amide bonds. The molecule has 0 aliphatic heterocycles. The average Bonchev–Trinajstić information content (AvgIpc) is 3.35. The fourth-order valence-corrected chi connectivity index (χ4v) is 4.29. The fourth-order valence-electron chi connectivity index (χ4n) is 3.46. The van der Waals surface area contributed by atoms with E-state index in [2.05, 4.69) is 21.4 Å². The summed E-state index contributed by atoms with van der Waals surface area (Å²) in [5.74, 6) is -0.220. The zero-order valence-corrected chi connectivity index (χ0v) is 18.4. The Morgan fingerprint density at radius 2 is 1.91 bits per heavy atom. The van der Waals surface area contributed by atoms with Gasteiger partial charge in [-0.3, -0.25) is 9.78 Å². The Morgan fingerprint density at radius 3 is 2.61 bits per heavy atom. The maximum Gasteiger partial charge on any atom is 0.263 e. The highest BCUT2D eigenvalue weighted by Crippen LogP contribution is 2.31. The van der Waals surface area contributed by atoms with Crippen LogP contribution in [0, 0.1) is 11.3 Å². The molecular formula is C25H21N5O2S. The molecule has 0 radical (unpaired) electrons. The first kappa shape index (κ1) is 22.1. The van der Waals surface area contributed by atoms with Gasteiger partial charge in [0.05, 0.1) is 23.9 Å². The fraction of sp³-hybridized carbons (Fsp3) is 0.120. The number of carbonyl (C=O) groups is 1. The molecule has 8 heteroatoms. The van der Waals surface area contributed by atoms with Gasteiger partial charge in [-0.05, 0) is 36.2 Å². The molecule has 0 bridgehead atoms. The number of aromatic hydroxyl groups is 1. The van der Waals surface area contributed by atoms with Crippen molar-refractivity contribution in [2.75, 3.05) is 0 Å². The van der Waals surface area contributed by atoms with Gasteiger partial charge in [0.15, 0.2) is 0 Å². The topological polar surface area (TPSA) is 125 Å². The predicted molar refractivity (Wildman–Crippen MR) is 126 cm³/mol. The van der Waals surface area contributed by atoms with Gasteiger partial charge in [0.25, 0.3) is 5.91 Å². The van der Waals surface area contributed by atoms with E-state index < -0.39 is 6.04 Å². The van der Waals surface area contributed by atoms with Gasteiger partial charge in [-0.1, -0.05) is 36.4 Å². The van der Waals surface area contributed by atoms with E-state index in [1.54, 1.807) is 60.9 Å². The number of carbonyl (C=O) groups excluding carboxylic acids is 1. The van der Waals surface area contributed by atoms with E-state index in [-0.39, 0.29) is 17.7 Å². The first-order chi connectivity index (χ1) is 16.0. The van der Waals surface area contributed by atoms with Crippen LogP contribution in [-0.4, -0.2) is 21.0 Å². The molecule has 33 heavy (non-hydrogen) atoms. The number of hydrogen-bond donors (Lipinski definition) is 3. The van der Waals surface area contributed by atoms with Gasteiger partial charge in [-0.25, -0.2) is 4.98 Å². The minimum absolute atomic E-state index is 0.0868. The molecule has 0 saturated carbocycles. The minimum Gasteiger partial charge on any atom is -0.508 e. The summed E-state index contributed by atoms with van der Waals surface area (Å²) in [6.45, 7) is 0. The van der Waals surface area contributed by atoms with Crippen LogP contribution in [0.1, 0.15) is 44.9 Å². The second-order valence-corrected chi connectivity index (χ2v) is 8.46. The number of para-hydroxylation sites is 1. The first-order valence-corrected chi connectivity index (χ1v) is 11.1. The highest BCUT2D eigenvalue weighted by atomic mass is 32.1. The van der Waals surface area contributed by atoms with Crippen molar-refractivity contribution in [3.05, 3.63) is 101 Å². The van der Waals surface area contributed by atoms with Crippen LogP contribution in [0.3, 0.4) is 0 Å². The van der Waals surface area contributed by atoms with Crippen molar-refractivity contribution in [1.82, 2.24) is 15.3 Å². The Bertz CT molecular complexity index is 1280. The summed E-state index contributed by atoms with van der Waals surface area (Å²) in [5.41, 5.74) is 9.21. The molecule has 2 heterocycles. The molecule has 4 rings (SSSR count). The number of phenols is 1. The Labute approximate surface area is 195 Å². The zero-order valence-electron chi connectivity index (χ0n) is 17.6. The van der Waals surface area contributed by atoms with Crippen molar-refractivity contribution in [1.29, 1.82) is 5.26 Å². The Morgan fingerprint density at radius 1 is 1.12 bits per heavy atom. The minimum atomic E-state index is -0.519. The first-order valence-electron chi connectivity index (χ1n) is 10.3. The van der Waals surface area contributed by atoms with E-state index in [1.165, 1.54) is 17.5 Å². The number of pyridine rings is 1. The molecule has 4 N–H and O–H groups in total. The monoisotopic (exact) mass is 455 g/mol. The molecule has 7 nitrogen and oxygen atoms in total. The second kappa shape index (κ2) is 10.0. The van der Waals surface area contributed by atoms with Crippen molar-refractivity contribution in [2.24, 2.45) is 5.73 Å². The molecule has 2 unspecified atom stereocenters. The van der Waals surface area contributed by atoms with Crippen LogP contribution < -0.4 is 11.1 Å². The van der Waals surface area contributed by atoms with E-state index in [1.807, 2.05) is 12.1 Å². The van der Waals surface area contributed by atoms with Crippen molar-refractivity contribution < 1.29 is 9.90 Å². The van der Waals surface area contributed by atoms with E-state index >= 15 is 0 Å². The van der Waals surface area contributed by atoms with Crippen molar-refractivity contribution >= 4 is 17.2 Å². The van der Waals surface area contributed by atoms with Crippen LogP contribution in [0.5, 0.6) is 5.75 Å². The molecule has 0 spiro atoms. The van der Waals surface area contributed by atoms with E-state index in [0.29, 0.717) is 27.4 Å². The standard InChI is InChI=1S/C25H21N5O2S/c26-13-16-7-9-17(10-8-16)25-29-15-23(33-25)24(32)30-21(19-5-1-2-6-22(19)31)12-20(27)18-4-3-11-28-14-18/h1-11,14-15,20-21,31H,12,27H2,(H,30,32). The molecule has 2 aromatic heterocycles. The van der Waals surface area contributed by atoms with Crippen molar-refractivity contribution in [2.45, 2.75) is 18.5 Å². The van der Waals surface area contributed by atoms with Crippen LogP contribution >= 0.6 is 11.3 Å². The number of benzene rings is 2. The molecule has 4 aromatic rings. The van der Waals surface area contributed by atoms with Crippen molar-refractivity contribution in [3.8, 4) is 22.4 Å². The summed E-state index contributed by atoms with van der Waals surface area (Å²) in [6, 6.07) is 18.8. The lowest BCUT2D eigenvalue weighted by molar-refractivity contribution is 0.0936. The molecule has 0 aliphatic carbocycles.